The largest absolute Gasteiger partial charge is 0.335 e. The summed E-state index contributed by atoms with van der Waals surface area (Å²) in [6.45, 7) is 8.94. The molecule has 1 atom stereocenters. The molecule has 1 unspecified atom stereocenters. The Labute approximate surface area is 120 Å². The maximum Gasteiger partial charge on any atom is 0.273 e. The van der Waals surface area contributed by atoms with E-state index in [1.165, 1.54) is 11.3 Å². The van der Waals surface area contributed by atoms with Crippen LogP contribution in [0.25, 0.3) is 0 Å². The van der Waals surface area contributed by atoms with Crippen LogP contribution in [-0.2, 0) is 0 Å². The van der Waals surface area contributed by atoms with Gasteiger partial charge in [-0.1, -0.05) is 19.8 Å². The maximum atomic E-state index is 12.4. The van der Waals surface area contributed by atoms with E-state index >= 15 is 0 Å². The number of nitrogens with two attached hydrogens (primary N) is 1. The highest BCUT2D eigenvalue weighted by atomic mass is 32.1. The van der Waals surface area contributed by atoms with Crippen LogP contribution < -0.4 is 5.73 Å². The third-order valence-electron chi connectivity index (χ3n) is 3.02. The first-order chi connectivity index (χ1) is 8.97. The standard InChI is InChI=1S/C14H25N3OS/c1-5-6-7-8-17(10(2)3)14(18)12-9-19-13(16-12)11(4)15/h9-11H,5-8,15H2,1-4H3. The summed E-state index contributed by atoms with van der Waals surface area (Å²) in [5, 5.41) is 2.64. The first-order valence-electron chi connectivity index (χ1n) is 6.99. The summed E-state index contributed by atoms with van der Waals surface area (Å²) < 4.78 is 0. The highest BCUT2D eigenvalue weighted by molar-refractivity contribution is 7.09. The van der Waals surface area contributed by atoms with Crippen molar-refractivity contribution in [2.24, 2.45) is 5.73 Å². The number of carbonyl (C=O) groups is 1. The molecule has 108 valence electrons. The van der Waals surface area contributed by atoms with Crippen molar-refractivity contribution in [1.29, 1.82) is 0 Å². The van der Waals surface area contributed by atoms with Gasteiger partial charge in [-0.05, 0) is 27.2 Å². The molecule has 19 heavy (non-hydrogen) atoms. The van der Waals surface area contributed by atoms with Gasteiger partial charge in [-0.25, -0.2) is 4.98 Å². The van der Waals surface area contributed by atoms with Gasteiger partial charge in [-0.2, -0.15) is 0 Å². The van der Waals surface area contributed by atoms with E-state index < -0.39 is 0 Å². The van der Waals surface area contributed by atoms with Gasteiger partial charge in [0.25, 0.3) is 5.91 Å². The van der Waals surface area contributed by atoms with E-state index in [4.69, 9.17) is 5.73 Å². The van der Waals surface area contributed by atoms with Gasteiger partial charge >= 0.3 is 0 Å². The highest BCUT2D eigenvalue weighted by Crippen LogP contribution is 2.18. The zero-order valence-corrected chi connectivity index (χ0v) is 13.2. The van der Waals surface area contributed by atoms with Gasteiger partial charge in [0.15, 0.2) is 0 Å². The summed E-state index contributed by atoms with van der Waals surface area (Å²) in [6.07, 6.45) is 3.36. The number of hydrogen-bond donors (Lipinski definition) is 1. The number of hydrogen-bond acceptors (Lipinski definition) is 4. The molecule has 5 heteroatoms. The Hall–Kier alpha value is -0.940. The molecule has 0 aliphatic rings. The third kappa shape index (κ3) is 4.58. The van der Waals surface area contributed by atoms with Crippen LogP contribution in [0.3, 0.4) is 0 Å². The molecule has 0 radical (unpaired) electrons. The number of aromatic nitrogens is 1. The second kappa shape index (κ2) is 7.60. The van der Waals surface area contributed by atoms with E-state index in [0.29, 0.717) is 5.69 Å². The van der Waals surface area contributed by atoms with Crippen molar-refractivity contribution in [2.45, 2.75) is 59.0 Å². The van der Waals surface area contributed by atoms with E-state index in [2.05, 4.69) is 11.9 Å². The molecule has 1 heterocycles. The minimum absolute atomic E-state index is 0.0225. The Morgan fingerprint density at radius 2 is 2.11 bits per heavy atom. The topological polar surface area (TPSA) is 59.2 Å². The van der Waals surface area contributed by atoms with Crippen LogP contribution >= 0.6 is 11.3 Å². The van der Waals surface area contributed by atoms with Gasteiger partial charge < -0.3 is 10.6 Å². The van der Waals surface area contributed by atoms with Crippen LogP contribution in [0.2, 0.25) is 0 Å². The molecule has 4 nitrogen and oxygen atoms in total. The fourth-order valence-corrected chi connectivity index (χ4v) is 2.62. The molecule has 2 N–H and O–H groups in total. The van der Waals surface area contributed by atoms with E-state index in [1.807, 2.05) is 31.1 Å². The van der Waals surface area contributed by atoms with Gasteiger partial charge in [0, 0.05) is 18.0 Å². The molecule has 0 saturated carbocycles. The molecule has 0 spiro atoms. The van der Waals surface area contributed by atoms with Crippen molar-refractivity contribution in [1.82, 2.24) is 9.88 Å². The Balaban J connectivity index is 2.74. The molecular formula is C14H25N3OS. The van der Waals surface area contributed by atoms with Crippen LogP contribution in [0, 0.1) is 0 Å². The Morgan fingerprint density at radius 3 is 2.58 bits per heavy atom. The molecule has 1 aromatic heterocycles. The lowest BCUT2D eigenvalue weighted by molar-refractivity contribution is 0.0697. The van der Waals surface area contributed by atoms with Gasteiger partial charge in [-0.3, -0.25) is 4.79 Å². The van der Waals surface area contributed by atoms with E-state index in [-0.39, 0.29) is 18.0 Å². The number of nitrogens with zero attached hydrogens (tertiary/aromatic N) is 2. The minimum atomic E-state index is -0.112. The summed E-state index contributed by atoms with van der Waals surface area (Å²) >= 11 is 1.46. The quantitative estimate of drug-likeness (QED) is 0.782. The summed E-state index contributed by atoms with van der Waals surface area (Å²) in [7, 11) is 0. The average molecular weight is 283 g/mol. The fraction of sp³-hybridized carbons (Fsp3) is 0.714. The monoisotopic (exact) mass is 283 g/mol. The Kier molecular flexibility index (Phi) is 6.45. The molecule has 1 rings (SSSR count). The third-order valence-corrected chi connectivity index (χ3v) is 4.06. The number of unbranched alkanes of at least 4 members (excludes halogenated alkanes) is 2. The smallest absolute Gasteiger partial charge is 0.273 e. The molecule has 0 aromatic carbocycles. The molecule has 1 amide bonds. The van der Waals surface area contributed by atoms with Gasteiger partial charge in [0.2, 0.25) is 0 Å². The fourth-order valence-electron chi connectivity index (χ4n) is 1.87. The minimum Gasteiger partial charge on any atom is -0.335 e. The van der Waals surface area contributed by atoms with E-state index in [0.717, 1.165) is 30.8 Å². The first-order valence-corrected chi connectivity index (χ1v) is 7.87. The molecule has 1 aromatic rings. The predicted octanol–water partition coefficient (Wildman–Crippen LogP) is 3.20. The van der Waals surface area contributed by atoms with E-state index in [9.17, 15) is 4.79 Å². The van der Waals surface area contributed by atoms with Crippen LogP contribution in [-0.4, -0.2) is 28.4 Å². The Bertz CT molecular complexity index is 401. The summed E-state index contributed by atoms with van der Waals surface area (Å²) in [5.41, 5.74) is 6.31. The molecule has 0 fully saturated rings. The zero-order chi connectivity index (χ0) is 14.4. The predicted molar refractivity (Wildman–Crippen MR) is 80.4 cm³/mol. The molecule has 0 aliphatic carbocycles. The highest BCUT2D eigenvalue weighted by Gasteiger charge is 2.21. The lowest BCUT2D eigenvalue weighted by atomic mass is 10.2. The van der Waals surface area contributed by atoms with Crippen molar-refractivity contribution in [3.63, 3.8) is 0 Å². The van der Waals surface area contributed by atoms with Crippen LogP contribution in [0.15, 0.2) is 5.38 Å². The lowest BCUT2D eigenvalue weighted by Gasteiger charge is -2.26. The Morgan fingerprint density at radius 1 is 1.42 bits per heavy atom. The van der Waals surface area contributed by atoms with Gasteiger partial charge in [0.1, 0.15) is 10.7 Å². The number of carbonyl (C=O) groups excluding carboxylic acids is 1. The molecule has 0 aliphatic heterocycles. The normalized spacial score (nSPS) is 12.7. The number of amides is 1. The van der Waals surface area contributed by atoms with Gasteiger partial charge in [0.05, 0.1) is 6.04 Å². The SMILES string of the molecule is CCCCCN(C(=O)c1csc(C(C)N)n1)C(C)C. The van der Waals surface area contributed by atoms with Crippen molar-refractivity contribution in [3.05, 3.63) is 16.1 Å². The second-order valence-corrected chi connectivity index (χ2v) is 6.05. The molecule has 0 bridgehead atoms. The second-order valence-electron chi connectivity index (χ2n) is 5.16. The first kappa shape index (κ1) is 16.1. The molecule has 0 saturated heterocycles. The number of thiazole rings is 1. The number of rotatable bonds is 7. The maximum absolute atomic E-state index is 12.4. The molecular weight excluding hydrogens is 258 g/mol. The average Bonchev–Trinajstić information content (AvgIpc) is 2.83. The zero-order valence-electron chi connectivity index (χ0n) is 12.3. The van der Waals surface area contributed by atoms with Crippen molar-refractivity contribution >= 4 is 17.2 Å². The van der Waals surface area contributed by atoms with Gasteiger partial charge in [-0.15, -0.1) is 11.3 Å². The summed E-state index contributed by atoms with van der Waals surface area (Å²) in [6, 6.07) is 0.0870. The lowest BCUT2D eigenvalue weighted by Crippen LogP contribution is -2.38. The van der Waals surface area contributed by atoms with Crippen molar-refractivity contribution in [3.8, 4) is 0 Å². The van der Waals surface area contributed by atoms with Crippen LogP contribution in [0.5, 0.6) is 0 Å². The van der Waals surface area contributed by atoms with Crippen molar-refractivity contribution < 1.29 is 4.79 Å². The summed E-state index contributed by atoms with van der Waals surface area (Å²) in [4.78, 5) is 18.7. The van der Waals surface area contributed by atoms with E-state index in [1.54, 1.807) is 0 Å². The van der Waals surface area contributed by atoms with Crippen molar-refractivity contribution in [2.75, 3.05) is 6.54 Å². The van der Waals surface area contributed by atoms with Crippen LogP contribution in [0.1, 0.15) is 68.5 Å². The van der Waals surface area contributed by atoms with Crippen LogP contribution in [0.4, 0.5) is 0 Å². The summed E-state index contributed by atoms with van der Waals surface area (Å²) in [5.74, 6) is 0.0225.